The van der Waals surface area contributed by atoms with Crippen molar-refractivity contribution in [2.45, 2.75) is 0 Å². The number of anilines is 9. The van der Waals surface area contributed by atoms with Crippen LogP contribution in [0.1, 0.15) is 0 Å². The molecule has 10 aromatic carbocycles. The molecule has 12 rings (SSSR count). The molecule has 0 aliphatic rings. The SMILES string of the molecule is c1ccc(-c2ccc(N(c3ccccc3)c3ccc4sc5cc(N(c6ccccc6)c6cc(N(c7ccccc7)c7ccccc7)c7c(c6)sc6ccccc67)ccc5c4c3)cc2)cc1. The van der Waals surface area contributed by atoms with Crippen molar-refractivity contribution in [2.24, 2.45) is 0 Å². The topological polar surface area (TPSA) is 9.72 Å². The molecule has 5 heteroatoms. The molecule has 0 aliphatic heterocycles. The third-order valence-electron chi connectivity index (χ3n) is 12.2. The van der Waals surface area contributed by atoms with Crippen molar-refractivity contribution in [3.8, 4) is 11.1 Å². The molecule has 12 aromatic rings. The van der Waals surface area contributed by atoms with Crippen molar-refractivity contribution in [3.63, 3.8) is 0 Å². The van der Waals surface area contributed by atoms with E-state index in [1.54, 1.807) is 0 Å². The van der Waals surface area contributed by atoms with Gasteiger partial charge in [0.15, 0.2) is 0 Å². The lowest BCUT2D eigenvalue weighted by atomic mass is 10.0. The van der Waals surface area contributed by atoms with Gasteiger partial charge in [-0.1, -0.05) is 140 Å². The zero-order valence-electron chi connectivity index (χ0n) is 35.3. The summed E-state index contributed by atoms with van der Waals surface area (Å²) in [6.07, 6.45) is 0. The monoisotopic (exact) mass is 867 g/mol. The Bertz CT molecular complexity index is 3550. The molecule has 0 radical (unpaired) electrons. The summed E-state index contributed by atoms with van der Waals surface area (Å²) in [6, 6.07) is 90.0. The summed E-state index contributed by atoms with van der Waals surface area (Å²) >= 11 is 3.71. The molecule has 0 amide bonds. The van der Waals surface area contributed by atoms with Crippen LogP contribution in [0, 0.1) is 0 Å². The van der Waals surface area contributed by atoms with Gasteiger partial charge in [-0.3, -0.25) is 0 Å². The van der Waals surface area contributed by atoms with Crippen molar-refractivity contribution in [1.82, 2.24) is 0 Å². The lowest BCUT2D eigenvalue weighted by molar-refractivity contribution is 1.27. The fourth-order valence-electron chi connectivity index (χ4n) is 9.22. The summed E-state index contributed by atoms with van der Waals surface area (Å²) in [4.78, 5) is 7.20. The highest BCUT2D eigenvalue weighted by Gasteiger charge is 2.23. The van der Waals surface area contributed by atoms with Gasteiger partial charge in [-0.05, 0) is 120 Å². The fourth-order valence-corrected chi connectivity index (χ4v) is 11.5. The Balaban J connectivity index is 1.01. The number of hydrogen-bond acceptors (Lipinski definition) is 5. The number of rotatable bonds is 10. The van der Waals surface area contributed by atoms with Gasteiger partial charge >= 0.3 is 0 Å². The molecule has 0 saturated heterocycles. The quantitative estimate of drug-likeness (QED) is 0.136. The molecule has 0 fully saturated rings. The molecule has 0 bridgehead atoms. The Morgan fingerprint density at radius 2 is 0.662 bits per heavy atom. The lowest BCUT2D eigenvalue weighted by Crippen LogP contribution is -2.13. The van der Waals surface area contributed by atoms with Crippen molar-refractivity contribution in [3.05, 3.63) is 249 Å². The highest BCUT2D eigenvalue weighted by molar-refractivity contribution is 7.26. The number of para-hydroxylation sites is 4. The number of benzene rings is 10. The van der Waals surface area contributed by atoms with Gasteiger partial charge in [0.2, 0.25) is 0 Å². The molecule has 65 heavy (non-hydrogen) atoms. The van der Waals surface area contributed by atoms with Gasteiger partial charge in [-0.15, -0.1) is 22.7 Å². The van der Waals surface area contributed by atoms with Crippen LogP contribution >= 0.6 is 22.7 Å². The van der Waals surface area contributed by atoms with Crippen LogP contribution in [0.25, 0.3) is 51.5 Å². The van der Waals surface area contributed by atoms with Gasteiger partial charge < -0.3 is 14.7 Å². The first kappa shape index (κ1) is 38.7. The summed E-state index contributed by atoms with van der Waals surface area (Å²) in [5, 5.41) is 5.01. The summed E-state index contributed by atoms with van der Waals surface area (Å²) < 4.78 is 5.02. The number of nitrogens with zero attached hydrogens (tertiary/aromatic N) is 3. The molecule has 0 unspecified atom stereocenters. The Labute approximate surface area is 386 Å². The van der Waals surface area contributed by atoms with E-state index in [-0.39, 0.29) is 0 Å². The molecule has 2 heterocycles. The molecule has 3 nitrogen and oxygen atoms in total. The van der Waals surface area contributed by atoms with E-state index in [2.05, 4.69) is 263 Å². The van der Waals surface area contributed by atoms with Crippen LogP contribution in [0.15, 0.2) is 249 Å². The van der Waals surface area contributed by atoms with Crippen LogP contribution in [0.2, 0.25) is 0 Å². The second kappa shape index (κ2) is 16.6. The van der Waals surface area contributed by atoms with E-state index in [1.807, 2.05) is 22.7 Å². The molecule has 0 aliphatic carbocycles. The molecule has 2 aromatic heterocycles. The largest absolute Gasteiger partial charge is 0.310 e. The van der Waals surface area contributed by atoms with E-state index in [1.165, 1.54) is 51.5 Å². The van der Waals surface area contributed by atoms with Crippen LogP contribution in [-0.4, -0.2) is 0 Å². The standard InChI is InChI=1S/C60H41N3S2/c1-6-18-42(19-7-1)43-30-32-48(33-31-43)61(44-20-8-2-9-21-44)49-35-37-57-54(38-49)52-36-34-50(40-58(52)64-57)62(45-22-10-3-11-23-45)51-39-55(60-53-28-16-17-29-56(53)65-59(60)41-51)63(46-24-12-4-13-25-46)47-26-14-5-15-27-47/h1-41H. The Morgan fingerprint density at radius 3 is 1.29 bits per heavy atom. The Morgan fingerprint density at radius 1 is 0.231 bits per heavy atom. The zero-order valence-corrected chi connectivity index (χ0v) is 37.0. The van der Waals surface area contributed by atoms with Gasteiger partial charge in [0.1, 0.15) is 0 Å². The Kier molecular flexibility index (Phi) is 9.90. The molecular weight excluding hydrogens is 827 g/mol. The highest BCUT2D eigenvalue weighted by Crippen LogP contribution is 2.50. The normalized spacial score (nSPS) is 11.4. The first-order chi connectivity index (χ1) is 32.2. The van der Waals surface area contributed by atoms with E-state index < -0.39 is 0 Å². The van der Waals surface area contributed by atoms with Crippen LogP contribution in [0.3, 0.4) is 0 Å². The smallest absolute Gasteiger partial charge is 0.0575 e. The van der Waals surface area contributed by atoms with Crippen LogP contribution in [0.5, 0.6) is 0 Å². The third kappa shape index (κ3) is 7.17. The predicted molar refractivity (Wildman–Crippen MR) is 282 cm³/mol. The minimum absolute atomic E-state index is 1.10. The molecule has 308 valence electrons. The van der Waals surface area contributed by atoms with Crippen LogP contribution in [-0.2, 0) is 0 Å². The second-order valence-corrected chi connectivity index (χ2v) is 18.3. The van der Waals surface area contributed by atoms with E-state index in [0.29, 0.717) is 0 Å². The molecule has 0 atom stereocenters. The summed E-state index contributed by atoms with van der Waals surface area (Å²) in [7, 11) is 0. The first-order valence-electron chi connectivity index (χ1n) is 21.9. The van der Waals surface area contributed by atoms with Gasteiger partial charge in [0, 0.05) is 85.8 Å². The maximum absolute atomic E-state index is 2.42. The summed E-state index contributed by atoms with van der Waals surface area (Å²) in [5.41, 5.74) is 12.4. The number of thiophene rings is 2. The third-order valence-corrected chi connectivity index (χ3v) is 14.4. The van der Waals surface area contributed by atoms with Crippen LogP contribution in [0.4, 0.5) is 51.2 Å². The van der Waals surface area contributed by atoms with Gasteiger partial charge in [0.05, 0.1) is 5.69 Å². The molecule has 0 N–H and O–H groups in total. The van der Waals surface area contributed by atoms with Gasteiger partial charge in [-0.2, -0.15) is 0 Å². The summed E-state index contributed by atoms with van der Waals surface area (Å²) in [5.74, 6) is 0. The highest BCUT2D eigenvalue weighted by atomic mass is 32.1. The number of fused-ring (bicyclic) bond motifs is 6. The minimum atomic E-state index is 1.10. The lowest BCUT2D eigenvalue weighted by Gasteiger charge is -2.30. The molecule has 0 saturated carbocycles. The molecule has 0 spiro atoms. The number of hydrogen-bond donors (Lipinski definition) is 0. The van der Waals surface area contributed by atoms with E-state index >= 15 is 0 Å². The fraction of sp³-hybridized carbons (Fsp3) is 0. The van der Waals surface area contributed by atoms with Crippen LogP contribution < -0.4 is 14.7 Å². The average molecular weight is 868 g/mol. The van der Waals surface area contributed by atoms with Gasteiger partial charge in [0.25, 0.3) is 0 Å². The maximum atomic E-state index is 2.42. The first-order valence-corrected chi connectivity index (χ1v) is 23.5. The van der Waals surface area contributed by atoms with Crippen molar-refractivity contribution in [1.29, 1.82) is 0 Å². The minimum Gasteiger partial charge on any atom is -0.310 e. The summed E-state index contributed by atoms with van der Waals surface area (Å²) in [6.45, 7) is 0. The maximum Gasteiger partial charge on any atom is 0.0575 e. The Hall–Kier alpha value is -7.96. The molecular formula is C60H41N3S2. The van der Waals surface area contributed by atoms with Crippen molar-refractivity contribution >= 4 is 114 Å². The van der Waals surface area contributed by atoms with E-state index in [9.17, 15) is 0 Å². The van der Waals surface area contributed by atoms with E-state index in [0.717, 1.165) is 51.2 Å². The predicted octanol–water partition coefficient (Wildman–Crippen LogP) is 18.5. The second-order valence-electron chi connectivity index (χ2n) is 16.2. The van der Waals surface area contributed by atoms with Crippen molar-refractivity contribution < 1.29 is 0 Å². The van der Waals surface area contributed by atoms with Gasteiger partial charge in [-0.25, -0.2) is 0 Å². The zero-order chi connectivity index (χ0) is 43.1. The average Bonchev–Trinajstić information content (AvgIpc) is 3.94. The van der Waals surface area contributed by atoms with E-state index in [4.69, 9.17) is 0 Å². The van der Waals surface area contributed by atoms with Crippen molar-refractivity contribution in [2.75, 3.05) is 14.7 Å².